The second-order valence-electron chi connectivity index (χ2n) is 13.0. The number of alkyl carbamates (subject to hydrolysis) is 1. The lowest BCUT2D eigenvalue weighted by Crippen LogP contribution is -2.45. The Bertz CT molecular complexity index is 1170. The topological polar surface area (TPSA) is 109 Å². The van der Waals surface area contributed by atoms with Crippen LogP contribution >= 0.6 is 19.4 Å². The van der Waals surface area contributed by atoms with Crippen molar-refractivity contribution in [2.75, 3.05) is 5.94 Å². The predicted molar refractivity (Wildman–Crippen MR) is 171 cm³/mol. The van der Waals surface area contributed by atoms with Crippen molar-refractivity contribution in [3.8, 4) is 0 Å². The molecule has 2 atom stereocenters. The average Bonchev–Trinajstić information content (AvgIpc) is 2.87. The molecule has 2 unspecified atom stereocenters. The molecule has 43 heavy (non-hydrogen) atoms. The zero-order chi connectivity index (χ0) is 32.3. The standard InChI is InChI=1S/C32H48NO8PS/c1-30(2,3)40-42(36,41-31(4,5)6)27(39-23-43-32(7,8)9)20-26(28(34)37-21-24-16-12-10-13-17-24)33-29(35)38-22-25-18-14-11-15-19-25/h10-19,26-27H,20-23H2,1-9H3,(H,33,35). The monoisotopic (exact) mass is 637 g/mol. The minimum atomic E-state index is -4.07. The second-order valence-corrected chi connectivity index (χ2v) is 16.8. The zero-order valence-electron chi connectivity index (χ0n) is 26.9. The molecule has 1 amide bonds. The fourth-order valence-corrected chi connectivity index (χ4v) is 6.84. The van der Waals surface area contributed by atoms with Crippen molar-refractivity contribution in [2.24, 2.45) is 0 Å². The largest absolute Gasteiger partial charge is 0.459 e. The van der Waals surface area contributed by atoms with Gasteiger partial charge in [0.2, 0.25) is 0 Å². The molecule has 1 N–H and O–H groups in total. The van der Waals surface area contributed by atoms with Crippen LogP contribution in [0.5, 0.6) is 0 Å². The van der Waals surface area contributed by atoms with Crippen LogP contribution in [-0.4, -0.2) is 45.8 Å². The number of carbonyl (C=O) groups is 2. The van der Waals surface area contributed by atoms with Gasteiger partial charge in [-0.1, -0.05) is 81.4 Å². The summed E-state index contributed by atoms with van der Waals surface area (Å²) < 4.78 is 43.7. The van der Waals surface area contributed by atoms with Crippen molar-refractivity contribution in [1.29, 1.82) is 0 Å². The molecule has 2 aromatic carbocycles. The van der Waals surface area contributed by atoms with Gasteiger partial charge in [-0.05, 0) is 52.7 Å². The van der Waals surface area contributed by atoms with Crippen LogP contribution in [0.15, 0.2) is 60.7 Å². The lowest BCUT2D eigenvalue weighted by atomic mass is 10.2. The number of thioether (sulfide) groups is 1. The maximum absolute atomic E-state index is 14.6. The van der Waals surface area contributed by atoms with E-state index in [2.05, 4.69) is 5.32 Å². The summed E-state index contributed by atoms with van der Waals surface area (Å²) in [4.78, 5) is 26.4. The lowest BCUT2D eigenvalue weighted by molar-refractivity contribution is -0.148. The van der Waals surface area contributed by atoms with Gasteiger partial charge in [0.15, 0.2) is 5.85 Å². The van der Waals surface area contributed by atoms with Gasteiger partial charge in [-0.25, -0.2) is 9.59 Å². The van der Waals surface area contributed by atoms with Crippen LogP contribution in [0, 0.1) is 0 Å². The summed E-state index contributed by atoms with van der Waals surface area (Å²) in [6, 6.07) is 17.1. The number of benzene rings is 2. The first kappa shape index (κ1) is 36.8. The molecule has 9 nitrogen and oxygen atoms in total. The Labute approximate surface area is 261 Å². The Hall–Kier alpha value is -2.36. The first-order valence-electron chi connectivity index (χ1n) is 14.3. The highest BCUT2D eigenvalue weighted by Crippen LogP contribution is 2.60. The Morgan fingerprint density at radius 3 is 1.67 bits per heavy atom. The van der Waals surface area contributed by atoms with Crippen molar-refractivity contribution >= 4 is 31.4 Å². The van der Waals surface area contributed by atoms with Crippen LogP contribution in [0.2, 0.25) is 0 Å². The minimum absolute atomic E-state index is 0.000624. The van der Waals surface area contributed by atoms with Crippen LogP contribution < -0.4 is 5.32 Å². The van der Waals surface area contributed by atoms with Crippen molar-refractivity contribution in [1.82, 2.24) is 5.32 Å². The molecule has 2 aromatic rings. The average molecular weight is 638 g/mol. The third-order valence-corrected chi connectivity index (χ3v) is 9.15. The first-order valence-corrected chi connectivity index (χ1v) is 16.9. The molecule has 0 aromatic heterocycles. The van der Waals surface area contributed by atoms with Crippen LogP contribution in [-0.2, 0) is 45.8 Å². The van der Waals surface area contributed by atoms with Gasteiger partial charge in [0.25, 0.3) is 0 Å². The summed E-state index contributed by atoms with van der Waals surface area (Å²) in [5.74, 6) is -1.82. The summed E-state index contributed by atoms with van der Waals surface area (Å²) in [7, 11) is -4.07. The van der Waals surface area contributed by atoms with Gasteiger partial charge in [-0.15, -0.1) is 11.8 Å². The maximum Gasteiger partial charge on any atom is 0.408 e. The van der Waals surface area contributed by atoms with Gasteiger partial charge in [-0.2, -0.15) is 0 Å². The lowest BCUT2D eigenvalue weighted by Gasteiger charge is -2.37. The molecule has 11 heteroatoms. The van der Waals surface area contributed by atoms with E-state index in [1.54, 1.807) is 41.5 Å². The van der Waals surface area contributed by atoms with Crippen LogP contribution in [0.4, 0.5) is 4.79 Å². The second kappa shape index (κ2) is 16.1. The predicted octanol–water partition coefficient (Wildman–Crippen LogP) is 8.07. The number of amides is 1. The van der Waals surface area contributed by atoms with E-state index in [9.17, 15) is 14.2 Å². The van der Waals surface area contributed by atoms with Crippen molar-refractivity contribution in [3.05, 3.63) is 71.8 Å². The first-order chi connectivity index (χ1) is 19.9. The fourth-order valence-electron chi connectivity index (χ4n) is 3.63. The molecule has 0 bridgehead atoms. The van der Waals surface area contributed by atoms with E-state index in [1.807, 2.05) is 81.4 Å². The summed E-state index contributed by atoms with van der Waals surface area (Å²) in [6.07, 6.45) is -1.08. The van der Waals surface area contributed by atoms with E-state index in [-0.39, 0.29) is 30.3 Å². The third-order valence-electron chi connectivity index (χ3n) is 5.36. The molecular weight excluding hydrogens is 589 g/mol. The van der Waals surface area contributed by atoms with Gasteiger partial charge in [-0.3, -0.25) is 4.57 Å². The summed E-state index contributed by atoms with van der Waals surface area (Å²) in [5, 5.41) is 2.60. The third kappa shape index (κ3) is 15.3. The molecule has 240 valence electrons. The molecule has 0 saturated carbocycles. The van der Waals surface area contributed by atoms with Gasteiger partial charge in [0, 0.05) is 11.2 Å². The molecular formula is C32H48NO8PS. The smallest absolute Gasteiger partial charge is 0.408 e. The number of nitrogens with one attached hydrogen (secondary N) is 1. The summed E-state index contributed by atoms with van der Waals surface area (Å²) >= 11 is 1.49. The Morgan fingerprint density at radius 2 is 1.23 bits per heavy atom. The molecule has 0 saturated heterocycles. The van der Waals surface area contributed by atoms with Crippen LogP contribution in [0.1, 0.15) is 79.9 Å². The zero-order valence-corrected chi connectivity index (χ0v) is 28.6. The summed E-state index contributed by atoms with van der Waals surface area (Å²) in [6.45, 7) is 16.6. The number of hydrogen-bond acceptors (Lipinski definition) is 9. The molecule has 2 rings (SSSR count). The Kier molecular flexibility index (Phi) is 13.8. The van der Waals surface area contributed by atoms with Crippen molar-refractivity contribution < 1.29 is 37.4 Å². The highest BCUT2D eigenvalue weighted by molar-refractivity contribution is 8.00. The van der Waals surface area contributed by atoms with E-state index < -0.39 is 42.7 Å². The number of ether oxygens (including phenoxy) is 3. The number of esters is 1. The normalized spacial score (nSPS) is 14.1. The molecule has 0 spiro atoms. The van der Waals surface area contributed by atoms with E-state index >= 15 is 0 Å². The fraction of sp³-hybridized carbons (Fsp3) is 0.562. The number of rotatable bonds is 14. The van der Waals surface area contributed by atoms with Crippen molar-refractivity contribution in [3.63, 3.8) is 0 Å². The van der Waals surface area contributed by atoms with Crippen LogP contribution in [0.25, 0.3) is 0 Å². The Balaban J connectivity index is 2.38. The maximum atomic E-state index is 14.6. The van der Waals surface area contributed by atoms with Gasteiger partial charge in [0.1, 0.15) is 19.3 Å². The molecule has 0 aliphatic heterocycles. The molecule has 0 fully saturated rings. The SMILES string of the molecule is CC(C)(C)OP(=O)(OC(C)(C)C)C(CC(NC(=O)OCc1ccccc1)C(=O)OCc1ccccc1)OCSC(C)(C)C. The van der Waals surface area contributed by atoms with E-state index in [0.29, 0.717) is 0 Å². The van der Waals surface area contributed by atoms with Crippen LogP contribution in [0.3, 0.4) is 0 Å². The highest BCUT2D eigenvalue weighted by atomic mass is 32.2. The van der Waals surface area contributed by atoms with Gasteiger partial charge in [0.05, 0.1) is 17.1 Å². The number of carbonyl (C=O) groups excluding carboxylic acids is 2. The van der Waals surface area contributed by atoms with E-state index in [1.165, 1.54) is 11.8 Å². The van der Waals surface area contributed by atoms with Gasteiger partial charge >= 0.3 is 19.7 Å². The number of hydrogen-bond donors (Lipinski definition) is 1. The molecule has 0 heterocycles. The molecule has 0 aliphatic carbocycles. The quantitative estimate of drug-likeness (QED) is 0.125. The minimum Gasteiger partial charge on any atom is -0.459 e. The molecule has 0 radical (unpaired) electrons. The Morgan fingerprint density at radius 1 is 0.767 bits per heavy atom. The van der Waals surface area contributed by atoms with E-state index in [4.69, 9.17) is 23.3 Å². The highest BCUT2D eigenvalue weighted by Gasteiger charge is 2.46. The van der Waals surface area contributed by atoms with E-state index in [0.717, 1.165) is 11.1 Å². The van der Waals surface area contributed by atoms with Crippen molar-refractivity contribution in [2.45, 2.75) is 110 Å². The summed E-state index contributed by atoms with van der Waals surface area (Å²) in [5.41, 5.74) is -0.188. The van der Waals surface area contributed by atoms with Gasteiger partial charge < -0.3 is 28.6 Å². The molecule has 0 aliphatic rings.